The molecule has 0 N–H and O–H groups in total. The normalized spacial score (nSPS) is 18.7. The molecule has 166 valence electrons. The van der Waals surface area contributed by atoms with Crippen LogP contribution in [0.25, 0.3) is 0 Å². The Morgan fingerprint density at radius 1 is 0.606 bits per heavy atom. The third-order valence-corrected chi connectivity index (χ3v) is 6.55. The molecule has 5 rings (SSSR count). The molecule has 1 saturated heterocycles. The van der Waals surface area contributed by atoms with E-state index in [0.717, 1.165) is 36.0 Å². The van der Waals surface area contributed by atoms with Crippen LogP contribution in [0.1, 0.15) is 47.6 Å². The summed E-state index contributed by atoms with van der Waals surface area (Å²) in [7, 11) is 0. The summed E-state index contributed by atoms with van der Waals surface area (Å²) in [5.74, 6) is 0. The van der Waals surface area contributed by atoms with Crippen LogP contribution < -0.4 is 0 Å². The number of hydrogen-bond donors (Lipinski definition) is 0. The molecular formula is C31H30O2. The average Bonchev–Trinajstić information content (AvgIpc) is 2.92. The molecule has 1 aliphatic heterocycles. The van der Waals surface area contributed by atoms with Gasteiger partial charge in [-0.15, -0.1) is 0 Å². The second kappa shape index (κ2) is 10.2. The highest BCUT2D eigenvalue weighted by atomic mass is 16.5. The molecule has 1 fully saturated rings. The smallest absolute Gasteiger partial charge is 0.143 e. The summed E-state index contributed by atoms with van der Waals surface area (Å²) in [4.78, 5) is 0. The van der Waals surface area contributed by atoms with E-state index in [1.54, 1.807) is 0 Å². The maximum atomic E-state index is 6.99. The lowest BCUT2D eigenvalue weighted by molar-refractivity contribution is -0.113. The number of hydrogen-bond acceptors (Lipinski definition) is 2. The van der Waals surface area contributed by atoms with E-state index in [-0.39, 0.29) is 12.2 Å². The van der Waals surface area contributed by atoms with E-state index in [2.05, 4.69) is 121 Å². The molecule has 0 saturated carbocycles. The quantitative estimate of drug-likeness (QED) is 0.284. The molecular weight excluding hydrogens is 404 g/mol. The highest BCUT2D eigenvalue weighted by Crippen LogP contribution is 2.41. The van der Waals surface area contributed by atoms with Crippen LogP contribution in [0.15, 0.2) is 121 Å². The molecule has 1 aliphatic rings. The first-order valence-corrected chi connectivity index (χ1v) is 11.9. The van der Waals surface area contributed by atoms with Gasteiger partial charge in [-0.25, -0.2) is 0 Å². The van der Waals surface area contributed by atoms with Gasteiger partial charge in [0.05, 0.1) is 18.8 Å². The Kier molecular flexibility index (Phi) is 6.66. The van der Waals surface area contributed by atoms with Crippen molar-refractivity contribution in [1.82, 2.24) is 0 Å². The van der Waals surface area contributed by atoms with Crippen molar-refractivity contribution < 1.29 is 9.47 Å². The average molecular weight is 435 g/mol. The van der Waals surface area contributed by atoms with E-state index in [1.807, 2.05) is 0 Å². The Hall–Kier alpha value is -3.20. The Morgan fingerprint density at radius 2 is 1.06 bits per heavy atom. The lowest BCUT2D eigenvalue weighted by Gasteiger charge is -2.38. The largest absolute Gasteiger partial charge is 0.368 e. The molecule has 0 aliphatic carbocycles. The molecule has 2 heteroatoms. The standard InChI is InChI=1S/C31H30O2/c1-5-14-25(15-6-1)30-23-13-22-29(33-30)24-32-31(26-16-7-2-8-17-26,27-18-9-3-10-19-27)28-20-11-4-12-21-28/h1-12,14-21,29-30H,13,22-24H2/t29-,30-/m0/s1. The summed E-state index contributed by atoms with van der Waals surface area (Å²) < 4.78 is 13.5. The van der Waals surface area contributed by atoms with Gasteiger partial charge in [-0.3, -0.25) is 0 Å². The first-order valence-electron chi connectivity index (χ1n) is 11.9. The van der Waals surface area contributed by atoms with Gasteiger partial charge in [0.15, 0.2) is 0 Å². The van der Waals surface area contributed by atoms with Gasteiger partial charge in [0.2, 0.25) is 0 Å². The van der Waals surface area contributed by atoms with Crippen molar-refractivity contribution in [2.24, 2.45) is 0 Å². The summed E-state index contributed by atoms with van der Waals surface area (Å²) in [5, 5.41) is 0. The molecule has 0 bridgehead atoms. The lowest BCUT2D eigenvalue weighted by atomic mass is 9.80. The monoisotopic (exact) mass is 434 g/mol. The van der Waals surface area contributed by atoms with Crippen molar-refractivity contribution in [2.45, 2.75) is 37.1 Å². The van der Waals surface area contributed by atoms with Gasteiger partial charge in [0, 0.05) is 0 Å². The maximum absolute atomic E-state index is 6.99. The fraction of sp³-hybridized carbons (Fsp3) is 0.226. The predicted octanol–water partition coefficient (Wildman–Crippen LogP) is 7.31. The van der Waals surface area contributed by atoms with Crippen LogP contribution >= 0.6 is 0 Å². The predicted molar refractivity (Wildman–Crippen MR) is 133 cm³/mol. The van der Waals surface area contributed by atoms with Crippen molar-refractivity contribution >= 4 is 0 Å². The van der Waals surface area contributed by atoms with E-state index in [9.17, 15) is 0 Å². The molecule has 0 radical (unpaired) electrons. The van der Waals surface area contributed by atoms with Gasteiger partial charge in [0.1, 0.15) is 5.60 Å². The van der Waals surface area contributed by atoms with Crippen LogP contribution in [0.3, 0.4) is 0 Å². The molecule has 0 unspecified atom stereocenters. The lowest BCUT2D eigenvalue weighted by Crippen LogP contribution is -2.37. The Bertz CT molecular complexity index is 1010. The Labute approximate surface area is 196 Å². The molecule has 4 aromatic rings. The second-order valence-corrected chi connectivity index (χ2v) is 8.68. The molecule has 0 spiro atoms. The van der Waals surface area contributed by atoms with Crippen molar-refractivity contribution in [2.75, 3.05) is 6.61 Å². The second-order valence-electron chi connectivity index (χ2n) is 8.68. The van der Waals surface area contributed by atoms with Gasteiger partial charge in [-0.1, -0.05) is 121 Å². The van der Waals surface area contributed by atoms with Crippen molar-refractivity contribution in [3.05, 3.63) is 144 Å². The van der Waals surface area contributed by atoms with Crippen LogP contribution in [0.5, 0.6) is 0 Å². The van der Waals surface area contributed by atoms with E-state index in [1.165, 1.54) is 5.56 Å². The fourth-order valence-electron chi connectivity index (χ4n) is 4.92. The highest BCUT2D eigenvalue weighted by Gasteiger charge is 2.38. The van der Waals surface area contributed by atoms with E-state index < -0.39 is 5.60 Å². The zero-order chi connectivity index (χ0) is 22.3. The van der Waals surface area contributed by atoms with Gasteiger partial charge in [-0.05, 0) is 41.5 Å². The molecule has 2 atom stereocenters. The third kappa shape index (κ3) is 4.64. The number of benzene rings is 4. The molecule has 33 heavy (non-hydrogen) atoms. The summed E-state index contributed by atoms with van der Waals surface area (Å²) in [6.45, 7) is 0.530. The van der Waals surface area contributed by atoms with Crippen molar-refractivity contribution in [3.8, 4) is 0 Å². The van der Waals surface area contributed by atoms with Crippen LogP contribution in [0, 0.1) is 0 Å². The summed E-state index contributed by atoms with van der Waals surface area (Å²) in [5.41, 5.74) is 3.92. The molecule has 1 heterocycles. The van der Waals surface area contributed by atoms with Crippen LogP contribution in [0.2, 0.25) is 0 Å². The van der Waals surface area contributed by atoms with E-state index in [0.29, 0.717) is 6.61 Å². The topological polar surface area (TPSA) is 18.5 Å². The molecule has 4 aromatic carbocycles. The van der Waals surface area contributed by atoms with E-state index in [4.69, 9.17) is 9.47 Å². The summed E-state index contributed by atoms with van der Waals surface area (Å²) >= 11 is 0. The number of rotatable bonds is 7. The van der Waals surface area contributed by atoms with Gasteiger partial charge in [-0.2, -0.15) is 0 Å². The Morgan fingerprint density at radius 3 is 1.55 bits per heavy atom. The van der Waals surface area contributed by atoms with Gasteiger partial charge in [0.25, 0.3) is 0 Å². The molecule has 0 aromatic heterocycles. The number of ether oxygens (including phenoxy) is 2. The first kappa shape index (κ1) is 21.6. The Balaban J connectivity index is 1.49. The first-order chi connectivity index (χ1) is 16.4. The van der Waals surface area contributed by atoms with Crippen LogP contribution in [-0.2, 0) is 15.1 Å². The highest BCUT2D eigenvalue weighted by molar-refractivity contribution is 5.47. The van der Waals surface area contributed by atoms with Gasteiger partial charge < -0.3 is 9.47 Å². The maximum Gasteiger partial charge on any atom is 0.143 e. The van der Waals surface area contributed by atoms with Crippen molar-refractivity contribution in [1.29, 1.82) is 0 Å². The van der Waals surface area contributed by atoms with Crippen LogP contribution in [-0.4, -0.2) is 12.7 Å². The molecule has 0 amide bonds. The SMILES string of the molecule is c1ccc([C@@H]2CCC[C@@H](COC(c3ccccc3)(c3ccccc3)c3ccccc3)O2)cc1. The zero-order valence-electron chi connectivity index (χ0n) is 18.8. The van der Waals surface area contributed by atoms with Crippen LogP contribution in [0.4, 0.5) is 0 Å². The van der Waals surface area contributed by atoms with Gasteiger partial charge >= 0.3 is 0 Å². The fourth-order valence-corrected chi connectivity index (χ4v) is 4.92. The van der Waals surface area contributed by atoms with E-state index >= 15 is 0 Å². The minimum absolute atomic E-state index is 0.0551. The summed E-state index contributed by atoms with van der Waals surface area (Å²) in [6.07, 6.45) is 3.40. The zero-order valence-corrected chi connectivity index (χ0v) is 18.8. The van der Waals surface area contributed by atoms with Crippen molar-refractivity contribution in [3.63, 3.8) is 0 Å². The molecule has 2 nitrogen and oxygen atoms in total. The minimum atomic E-state index is -0.702. The third-order valence-electron chi connectivity index (χ3n) is 6.55. The summed E-state index contributed by atoms with van der Waals surface area (Å²) in [6, 6.07) is 42.2. The minimum Gasteiger partial charge on any atom is -0.368 e.